The highest BCUT2D eigenvalue weighted by molar-refractivity contribution is 7.16. The van der Waals surface area contributed by atoms with Crippen LogP contribution in [0.25, 0.3) is 10.6 Å². The van der Waals surface area contributed by atoms with E-state index in [0.29, 0.717) is 6.42 Å². The maximum atomic E-state index is 12.0. The second-order valence-corrected chi connectivity index (χ2v) is 8.58. The van der Waals surface area contributed by atoms with E-state index < -0.39 is 0 Å². The fraction of sp³-hybridized carbons (Fsp3) is 0.556. The summed E-state index contributed by atoms with van der Waals surface area (Å²) in [5.41, 5.74) is 1.07. The first-order valence-corrected chi connectivity index (χ1v) is 10.4. The third-order valence-corrected chi connectivity index (χ3v) is 6.41. The van der Waals surface area contributed by atoms with Gasteiger partial charge < -0.3 is 10.6 Å². The van der Waals surface area contributed by atoms with Gasteiger partial charge >= 0.3 is 0 Å². The molecule has 0 saturated carbocycles. The van der Waals surface area contributed by atoms with Crippen LogP contribution in [0.3, 0.4) is 0 Å². The van der Waals surface area contributed by atoms with E-state index in [1.807, 2.05) is 6.92 Å². The van der Waals surface area contributed by atoms with Crippen LogP contribution in [0.15, 0.2) is 17.5 Å². The van der Waals surface area contributed by atoms with Crippen LogP contribution in [0.2, 0.25) is 0 Å². The van der Waals surface area contributed by atoms with Gasteiger partial charge in [0.05, 0.1) is 15.6 Å². The predicted octanol–water partition coefficient (Wildman–Crippen LogP) is 4.04. The van der Waals surface area contributed by atoms with Gasteiger partial charge in [0.2, 0.25) is 5.91 Å². The minimum Gasteiger partial charge on any atom is -0.356 e. The summed E-state index contributed by atoms with van der Waals surface area (Å²) < 4.78 is 0. The van der Waals surface area contributed by atoms with Gasteiger partial charge in [-0.2, -0.15) is 0 Å². The molecule has 3 rings (SSSR count). The summed E-state index contributed by atoms with van der Waals surface area (Å²) in [4.78, 5) is 19.0. The molecule has 0 atom stereocenters. The van der Waals surface area contributed by atoms with Crippen molar-refractivity contribution in [3.63, 3.8) is 0 Å². The number of carbonyl (C=O) groups excluding carboxylic acids is 1. The van der Waals surface area contributed by atoms with Gasteiger partial charge in [0.25, 0.3) is 0 Å². The van der Waals surface area contributed by atoms with E-state index in [9.17, 15) is 4.79 Å². The van der Waals surface area contributed by atoms with Crippen LogP contribution >= 0.6 is 35.1 Å². The SMILES string of the molecule is Cc1nc(-c2ccc(CCNC(=O)CCC3CCNCC3)s2)cs1.Cl. The van der Waals surface area contributed by atoms with E-state index in [2.05, 4.69) is 33.1 Å². The summed E-state index contributed by atoms with van der Waals surface area (Å²) in [6, 6.07) is 4.28. The van der Waals surface area contributed by atoms with Crippen LogP contribution in [0.1, 0.15) is 35.6 Å². The lowest BCUT2D eigenvalue weighted by molar-refractivity contribution is -0.121. The Bertz CT molecular complexity index is 665. The minimum absolute atomic E-state index is 0. The molecular formula is C18H26ClN3OS2. The van der Waals surface area contributed by atoms with Crippen LogP contribution in [-0.4, -0.2) is 30.5 Å². The highest BCUT2D eigenvalue weighted by Gasteiger charge is 2.14. The lowest BCUT2D eigenvalue weighted by Crippen LogP contribution is -2.30. The maximum Gasteiger partial charge on any atom is 0.220 e. The number of rotatable bonds is 7. The topological polar surface area (TPSA) is 54.0 Å². The summed E-state index contributed by atoms with van der Waals surface area (Å²) in [6.07, 6.45) is 5.01. The van der Waals surface area contributed by atoms with Gasteiger partial charge in [0.15, 0.2) is 0 Å². The number of thiophene rings is 1. The zero-order valence-corrected chi connectivity index (χ0v) is 17.0. The number of nitrogens with one attached hydrogen (secondary N) is 2. The second-order valence-electron chi connectivity index (χ2n) is 6.35. The van der Waals surface area contributed by atoms with Crippen molar-refractivity contribution in [3.8, 4) is 10.6 Å². The van der Waals surface area contributed by atoms with E-state index in [0.717, 1.165) is 49.1 Å². The van der Waals surface area contributed by atoms with Gasteiger partial charge in [0, 0.05) is 23.2 Å². The van der Waals surface area contributed by atoms with Crippen molar-refractivity contribution in [2.45, 2.75) is 39.0 Å². The fourth-order valence-electron chi connectivity index (χ4n) is 3.05. The molecule has 4 nitrogen and oxygen atoms in total. The highest BCUT2D eigenvalue weighted by atomic mass is 35.5. The van der Waals surface area contributed by atoms with Crippen molar-refractivity contribution in [2.75, 3.05) is 19.6 Å². The highest BCUT2D eigenvalue weighted by Crippen LogP contribution is 2.29. The summed E-state index contributed by atoms with van der Waals surface area (Å²) >= 11 is 3.45. The molecule has 0 radical (unpaired) electrons. The zero-order valence-electron chi connectivity index (χ0n) is 14.5. The average molecular weight is 400 g/mol. The molecule has 1 saturated heterocycles. The number of piperidine rings is 1. The molecule has 0 bridgehead atoms. The summed E-state index contributed by atoms with van der Waals surface area (Å²) in [6.45, 7) is 4.96. The van der Waals surface area contributed by atoms with Crippen molar-refractivity contribution < 1.29 is 4.79 Å². The van der Waals surface area contributed by atoms with E-state index in [1.54, 1.807) is 22.7 Å². The van der Waals surface area contributed by atoms with Gasteiger partial charge in [0.1, 0.15) is 0 Å². The fourth-order valence-corrected chi connectivity index (χ4v) is 4.70. The van der Waals surface area contributed by atoms with Crippen molar-refractivity contribution in [1.29, 1.82) is 0 Å². The Morgan fingerprint density at radius 1 is 1.36 bits per heavy atom. The Hall–Kier alpha value is -0.950. The van der Waals surface area contributed by atoms with Gasteiger partial charge in [-0.25, -0.2) is 4.98 Å². The normalized spacial score (nSPS) is 14.9. The Morgan fingerprint density at radius 2 is 2.16 bits per heavy atom. The van der Waals surface area contributed by atoms with Gasteiger partial charge in [-0.3, -0.25) is 4.79 Å². The molecule has 2 aromatic heterocycles. The molecule has 2 aromatic rings. The van der Waals surface area contributed by atoms with Gasteiger partial charge in [-0.1, -0.05) is 0 Å². The number of hydrogen-bond donors (Lipinski definition) is 2. The van der Waals surface area contributed by atoms with Crippen LogP contribution in [0.5, 0.6) is 0 Å². The van der Waals surface area contributed by atoms with Crippen LogP contribution in [-0.2, 0) is 11.2 Å². The molecule has 3 heterocycles. The Morgan fingerprint density at radius 3 is 2.88 bits per heavy atom. The van der Waals surface area contributed by atoms with Gasteiger partial charge in [-0.05, 0) is 63.7 Å². The number of thiazole rings is 1. The van der Waals surface area contributed by atoms with Crippen molar-refractivity contribution in [3.05, 3.63) is 27.4 Å². The third-order valence-electron chi connectivity index (χ3n) is 4.47. The third kappa shape index (κ3) is 6.37. The number of amides is 1. The lowest BCUT2D eigenvalue weighted by Gasteiger charge is -2.22. The standard InChI is InChI=1S/C18H25N3OS2.ClH/c1-13-21-16(12-23-13)17-4-3-15(24-17)8-11-20-18(22)5-2-14-6-9-19-10-7-14;/h3-4,12,14,19H,2,5-11H2,1H3,(H,20,22);1H. The van der Waals surface area contributed by atoms with Crippen LogP contribution in [0, 0.1) is 12.8 Å². The summed E-state index contributed by atoms with van der Waals surface area (Å²) in [5, 5.41) is 9.63. The summed E-state index contributed by atoms with van der Waals surface area (Å²) in [7, 11) is 0. The van der Waals surface area contributed by atoms with Crippen LogP contribution < -0.4 is 10.6 Å². The molecule has 1 amide bonds. The molecular weight excluding hydrogens is 374 g/mol. The molecule has 25 heavy (non-hydrogen) atoms. The zero-order chi connectivity index (χ0) is 16.8. The Balaban J connectivity index is 0.00000225. The number of nitrogens with zero attached hydrogens (tertiary/aromatic N) is 1. The first-order valence-electron chi connectivity index (χ1n) is 8.69. The number of halogens is 1. The minimum atomic E-state index is 0. The van der Waals surface area contributed by atoms with Crippen LogP contribution in [0.4, 0.5) is 0 Å². The molecule has 138 valence electrons. The molecule has 1 aliphatic rings. The van der Waals surface area contributed by atoms with Crippen molar-refractivity contribution >= 4 is 41.0 Å². The average Bonchev–Trinajstić information content (AvgIpc) is 3.23. The second kappa shape index (κ2) is 10.3. The monoisotopic (exact) mass is 399 g/mol. The van der Waals surface area contributed by atoms with E-state index in [1.165, 1.54) is 22.6 Å². The Labute approximate surface area is 163 Å². The predicted molar refractivity (Wildman–Crippen MR) is 109 cm³/mol. The quantitative estimate of drug-likeness (QED) is 0.738. The molecule has 0 aliphatic carbocycles. The number of aromatic nitrogens is 1. The first-order chi connectivity index (χ1) is 11.7. The van der Waals surface area contributed by atoms with Gasteiger partial charge in [-0.15, -0.1) is 35.1 Å². The maximum absolute atomic E-state index is 12.0. The first kappa shape index (κ1) is 20.4. The molecule has 0 aromatic carbocycles. The molecule has 0 unspecified atom stereocenters. The Kier molecular flexibility index (Phi) is 8.36. The number of hydrogen-bond acceptors (Lipinski definition) is 5. The molecule has 0 spiro atoms. The van der Waals surface area contributed by atoms with Crippen molar-refractivity contribution in [2.24, 2.45) is 5.92 Å². The van der Waals surface area contributed by atoms with Crippen molar-refractivity contribution in [1.82, 2.24) is 15.6 Å². The van der Waals surface area contributed by atoms with E-state index >= 15 is 0 Å². The smallest absolute Gasteiger partial charge is 0.220 e. The molecule has 1 aliphatic heterocycles. The molecule has 1 fully saturated rings. The molecule has 7 heteroatoms. The number of aryl methyl sites for hydroxylation is 1. The number of carbonyl (C=O) groups is 1. The molecule has 2 N–H and O–H groups in total. The van der Waals surface area contributed by atoms with E-state index in [4.69, 9.17) is 0 Å². The largest absolute Gasteiger partial charge is 0.356 e. The van der Waals surface area contributed by atoms with E-state index in [-0.39, 0.29) is 18.3 Å². The summed E-state index contributed by atoms with van der Waals surface area (Å²) in [5.74, 6) is 0.916. The lowest BCUT2D eigenvalue weighted by atomic mass is 9.93.